The lowest BCUT2D eigenvalue weighted by Gasteiger charge is -2.22. The minimum atomic E-state index is -1.24. The van der Waals surface area contributed by atoms with Crippen molar-refractivity contribution >= 4 is 92.8 Å². The van der Waals surface area contributed by atoms with Crippen molar-refractivity contribution in [1.82, 2.24) is 68.6 Å². The Morgan fingerprint density at radius 1 is 0.514 bits per heavy atom. The van der Waals surface area contributed by atoms with Crippen LogP contribution in [0.25, 0.3) is 22.0 Å². The fourth-order valence-corrected chi connectivity index (χ4v) is 11.5. The summed E-state index contributed by atoms with van der Waals surface area (Å²) in [7, 11) is 9.60. The van der Waals surface area contributed by atoms with Crippen LogP contribution < -0.4 is 62.9 Å². The van der Waals surface area contributed by atoms with Crippen molar-refractivity contribution in [2.45, 2.75) is 52.6 Å². The van der Waals surface area contributed by atoms with E-state index in [0.29, 0.717) is 61.8 Å². The van der Waals surface area contributed by atoms with Crippen molar-refractivity contribution in [3.63, 3.8) is 0 Å². The molecule has 0 aliphatic heterocycles. The summed E-state index contributed by atoms with van der Waals surface area (Å²) in [6.45, 7) is 8.03. The highest BCUT2D eigenvalue weighted by Gasteiger charge is 2.26. The average Bonchev–Trinajstić information content (AvgIpc) is 1.69. The van der Waals surface area contributed by atoms with Gasteiger partial charge in [-0.2, -0.15) is 0 Å². The third-order valence-corrected chi connectivity index (χ3v) is 17.0. The summed E-state index contributed by atoms with van der Waals surface area (Å²) in [6, 6.07) is 19.2. The number of aromatic amines is 1. The molecule has 0 atom stereocenters. The Kier molecular flexibility index (Phi) is 25.2. The first kappa shape index (κ1) is 78.6. The topological polar surface area (TPSA) is 420 Å². The summed E-state index contributed by atoms with van der Waals surface area (Å²) < 4.78 is 46.5. The van der Waals surface area contributed by atoms with Crippen LogP contribution in [0, 0.1) is 19.7 Å². The van der Waals surface area contributed by atoms with Gasteiger partial charge in [-0.25, -0.2) is 19.3 Å². The van der Waals surface area contributed by atoms with Crippen LogP contribution in [0.5, 0.6) is 17.2 Å². The Hall–Kier alpha value is -13.0. The third kappa shape index (κ3) is 20.3. The summed E-state index contributed by atoms with van der Waals surface area (Å²) in [5.41, 5.74) is 2.95. The SMILES string of the molecule is Cc1cc(F)cc(C)c1Oc1ccc(C(C)(C)O)cc1-c1cn(C)c(=O)c2[nH]c(C(=O)Nc3ccc(OCCOCCOCCNC(=O)CCNC(=O)c4nc(NC(=O)CCNC(=O)c5cc(NC(=O)c6nc(NC(=O)CCNC(=O)c7cc(NC(=O)c8nccn8C)cn7C)cn6C)cn5C)cn4C)cc3)cc12. The molecule has 0 aliphatic rings. The fourth-order valence-electron chi connectivity index (χ4n) is 11.5. The molecule has 0 saturated carbocycles. The normalized spacial score (nSPS) is 11.3. The van der Waals surface area contributed by atoms with E-state index in [1.165, 1.54) is 71.9 Å². The number of aryl methyl sites for hydroxylation is 8. The predicted molar refractivity (Wildman–Crippen MR) is 399 cm³/mol. The summed E-state index contributed by atoms with van der Waals surface area (Å²) in [5, 5.41) is 35.6. The second kappa shape index (κ2) is 34.9. The largest absolute Gasteiger partial charge is 0.491 e. The van der Waals surface area contributed by atoms with E-state index in [2.05, 4.69) is 67.8 Å². The molecule has 109 heavy (non-hydrogen) atoms. The predicted octanol–water partition coefficient (Wildman–Crippen LogP) is 5.81. The highest BCUT2D eigenvalue weighted by molar-refractivity contribution is 6.09. The van der Waals surface area contributed by atoms with E-state index in [9.17, 15) is 57.4 Å². The molecular weight excluding hydrogens is 1410 g/mol. The number of pyridine rings is 1. The van der Waals surface area contributed by atoms with Gasteiger partial charge in [-0.1, -0.05) is 6.07 Å². The molecule has 0 aliphatic carbocycles. The number of aliphatic hydroxyl groups is 1. The lowest BCUT2D eigenvalue weighted by molar-refractivity contribution is -0.121. The molecule has 9 amide bonds. The maximum Gasteiger partial charge on any atom is 0.291 e. The Bertz CT molecular complexity index is 5120. The zero-order valence-electron chi connectivity index (χ0n) is 61.5. The van der Waals surface area contributed by atoms with Gasteiger partial charge in [-0.05, 0) is 111 Å². The van der Waals surface area contributed by atoms with Crippen LogP contribution in [0.1, 0.15) is 113 Å². The molecule has 0 spiro atoms. The van der Waals surface area contributed by atoms with Crippen LogP contribution in [0.15, 0.2) is 121 Å². The van der Waals surface area contributed by atoms with Gasteiger partial charge in [0.2, 0.25) is 29.4 Å². The Morgan fingerprint density at radius 3 is 1.61 bits per heavy atom. The molecule has 0 radical (unpaired) electrons. The lowest BCUT2D eigenvalue weighted by Crippen LogP contribution is -2.33. The monoisotopic (exact) mass is 1500 g/mol. The second-order valence-corrected chi connectivity index (χ2v) is 26.0. The first-order chi connectivity index (χ1) is 52.0. The van der Waals surface area contributed by atoms with E-state index in [-0.39, 0.29) is 147 Å². The van der Waals surface area contributed by atoms with Crippen molar-refractivity contribution in [3.8, 4) is 28.4 Å². The number of amides is 9. The second-order valence-electron chi connectivity index (χ2n) is 26.0. The number of nitrogens with zero attached hydrogens (tertiary/aromatic N) is 9. The molecule has 572 valence electrons. The first-order valence-electron chi connectivity index (χ1n) is 34.4. The van der Waals surface area contributed by atoms with E-state index in [4.69, 9.17) is 18.9 Å². The molecule has 0 unspecified atom stereocenters. The number of hydrogen-bond donors (Lipinski definition) is 11. The number of fused-ring (bicyclic) bond motifs is 1. The summed E-state index contributed by atoms with van der Waals surface area (Å²) in [5.74, 6) is -3.35. The maximum absolute atomic E-state index is 14.3. The van der Waals surface area contributed by atoms with Crippen molar-refractivity contribution in [2.24, 2.45) is 42.3 Å². The summed E-state index contributed by atoms with van der Waals surface area (Å²) in [6.07, 6.45) is 10.4. The van der Waals surface area contributed by atoms with E-state index < -0.39 is 58.7 Å². The molecule has 7 aromatic heterocycles. The van der Waals surface area contributed by atoms with Crippen molar-refractivity contribution in [2.75, 3.05) is 85.8 Å². The van der Waals surface area contributed by atoms with Crippen LogP contribution in [-0.4, -0.2) is 165 Å². The molecule has 35 heteroatoms. The zero-order valence-corrected chi connectivity index (χ0v) is 61.5. The molecule has 0 saturated heterocycles. The number of imidazole rings is 3. The van der Waals surface area contributed by atoms with Crippen molar-refractivity contribution < 1.29 is 71.6 Å². The van der Waals surface area contributed by atoms with Crippen LogP contribution in [-0.2, 0) is 71.7 Å². The van der Waals surface area contributed by atoms with Gasteiger partial charge < -0.3 is 104 Å². The zero-order chi connectivity index (χ0) is 78.4. The number of nitrogens with one attached hydrogen (secondary N) is 10. The number of hydrogen-bond acceptors (Lipinski definition) is 18. The molecule has 34 nitrogen and oxygen atoms in total. The Morgan fingerprint density at radius 2 is 1.05 bits per heavy atom. The Labute approximate surface area is 623 Å². The smallest absolute Gasteiger partial charge is 0.291 e. The van der Waals surface area contributed by atoms with Gasteiger partial charge in [-0.15, -0.1) is 0 Å². The molecule has 7 heterocycles. The van der Waals surface area contributed by atoms with Crippen LogP contribution in [0.2, 0.25) is 0 Å². The molecule has 11 N–H and O–H groups in total. The van der Waals surface area contributed by atoms with Gasteiger partial charge in [0.05, 0.1) is 43.4 Å². The number of ether oxygens (including phenoxy) is 4. The quantitative estimate of drug-likeness (QED) is 0.0212. The summed E-state index contributed by atoms with van der Waals surface area (Å²) >= 11 is 0. The number of aromatic nitrogens is 10. The number of H-pyrrole nitrogens is 1. The highest BCUT2D eigenvalue weighted by Crippen LogP contribution is 2.41. The molecular formula is C74H84FN19O15. The molecule has 0 fully saturated rings. The van der Waals surface area contributed by atoms with Crippen LogP contribution >= 0.6 is 0 Å². The minimum Gasteiger partial charge on any atom is -0.491 e. The standard InChI is InChI=1S/C74H84FN19O15/c1-42-31-45(75)32-43(2)63(42)109-56-16-11-44(74(3,4)105)33-50(56)52-39-94(10)73(104)62-51(52)36-53(84-62)67(98)81-46-12-14-49(15-13-46)108-30-29-107-28-27-106-26-24-76-59(95)17-20-80-70(101)65-87-57(40-92(65)8)85-60(96)18-21-79-69(100)55-35-48(38-91(55)7)83-72(103)66-88-58(41-93(66)9)86-61(97)19-22-78-68(99)54-34-47(37-90(54)6)82-71(102)64-77-23-25-89(64)5/h11-16,23,25,31-41,84,105H,17-22,24,26-30H2,1-10H3,(H,76,95)(H,78,99)(H,79,100)(H,80,101)(H,81,98)(H,82,102)(H,83,103)(H,85,96)(H,86,97). The number of carbonyl (C=O) groups excluding carboxylic acids is 9. The minimum absolute atomic E-state index is 0.00928. The number of anilines is 5. The fraction of sp³-hybridized carbons (Fsp3) is 0.311. The van der Waals surface area contributed by atoms with Crippen molar-refractivity contribution in [3.05, 3.63) is 184 Å². The molecule has 0 bridgehead atoms. The van der Waals surface area contributed by atoms with E-state index in [1.54, 1.807) is 142 Å². The maximum atomic E-state index is 14.3. The third-order valence-electron chi connectivity index (χ3n) is 17.0. The Balaban J connectivity index is 0.564. The van der Waals surface area contributed by atoms with Gasteiger partial charge in [-0.3, -0.25) is 47.9 Å². The average molecular weight is 1500 g/mol. The van der Waals surface area contributed by atoms with Crippen LogP contribution in [0.3, 0.4) is 0 Å². The van der Waals surface area contributed by atoms with Gasteiger partial charge in [0.15, 0.2) is 17.5 Å². The lowest BCUT2D eigenvalue weighted by atomic mass is 9.93. The number of benzene rings is 3. The number of rotatable bonds is 34. The number of halogens is 1. The highest BCUT2D eigenvalue weighted by atomic mass is 19.1. The van der Waals surface area contributed by atoms with Gasteiger partial charge in [0.1, 0.15) is 52.3 Å². The number of carbonyl (C=O) groups is 9. The molecule has 3 aromatic carbocycles. The van der Waals surface area contributed by atoms with Gasteiger partial charge in [0, 0.05) is 153 Å². The molecule has 10 aromatic rings. The van der Waals surface area contributed by atoms with Crippen molar-refractivity contribution in [1.29, 1.82) is 0 Å². The van der Waals surface area contributed by atoms with Crippen LogP contribution in [0.4, 0.5) is 33.1 Å². The summed E-state index contributed by atoms with van der Waals surface area (Å²) in [4.78, 5) is 146. The van der Waals surface area contributed by atoms with E-state index in [0.717, 1.165) is 0 Å². The molecule has 10 rings (SSSR count). The van der Waals surface area contributed by atoms with Gasteiger partial charge in [0.25, 0.3) is 41.0 Å². The first-order valence-corrected chi connectivity index (χ1v) is 34.4. The van der Waals surface area contributed by atoms with E-state index >= 15 is 0 Å². The van der Waals surface area contributed by atoms with E-state index in [1.807, 2.05) is 0 Å². The van der Waals surface area contributed by atoms with Gasteiger partial charge >= 0.3 is 0 Å².